The molecular formula is C67H76N4O6. The second kappa shape index (κ2) is 24.6. The van der Waals surface area contributed by atoms with Crippen molar-refractivity contribution in [3.63, 3.8) is 0 Å². The first-order chi connectivity index (χ1) is 37.5. The first-order valence-corrected chi connectivity index (χ1v) is 28.2. The Labute approximate surface area is 454 Å². The highest BCUT2D eigenvalue weighted by Crippen LogP contribution is 2.45. The number of ether oxygens (including phenoxy) is 1. The third kappa shape index (κ3) is 13.1. The van der Waals surface area contributed by atoms with Crippen molar-refractivity contribution in [1.82, 2.24) is 15.6 Å². The molecule has 9 bridgehead atoms. The van der Waals surface area contributed by atoms with Gasteiger partial charge in [-0.1, -0.05) is 117 Å². The number of rotatable bonds is 6. The van der Waals surface area contributed by atoms with Crippen molar-refractivity contribution in [3.8, 4) is 23.3 Å². The molecule has 1 saturated carbocycles. The Bertz CT molecular complexity index is 3170. The van der Waals surface area contributed by atoms with Gasteiger partial charge in [-0.2, -0.15) is 0 Å². The van der Waals surface area contributed by atoms with Gasteiger partial charge in [-0.3, -0.25) is 9.59 Å². The van der Waals surface area contributed by atoms with E-state index in [1.165, 1.54) is 23.8 Å². The number of anilines is 1. The highest BCUT2D eigenvalue weighted by molar-refractivity contribution is 6.00. The van der Waals surface area contributed by atoms with E-state index in [1.54, 1.807) is 6.07 Å². The van der Waals surface area contributed by atoms with Gasteiger partial charge in [-0.15, -0.1) is 0 Å². The fourth-order valence-corrected chi connectivity index (χ4v) is 12.9. The van der Waals surface area contributed by atoms with Gasteiger partial charge in [0.2, 0.25) is 0 Å². The van der Waals surface area contributed by atoms with Crippen molar-refractivity contribution in [2.24, 2.45) is 29.6 Å². The summed E-state index contributed by atoms with van der Waals surface area (Å²) in [6, 6.07) is 37.4. The largest absolute Gasteiger partial charge is 0.504 e. The molecule has 3 heterocycles. The number of hydrogen-bond acceptors (Lipinski definition) is 9. The van der Waals surface area contributed by atoms with E-state index in [-0.39, 0.29) is 59.7 Å². The van der Waals surface area contributed by atoms with E-state index in [0.29, 0.717) is 57.5 Å². The predicted octanol–water partition coefficient (Wildman–Crippen LogP) is 11.2. The molecule has 7 N–H and O–H groups in total. The Hall–Kier alpha value is -6.90. The van der Waals surface area contributed by atoms with E-state index < -0.39 is 24.0 Å². The van der Waals surface area contributed by atoms with Crippen LogP contribution in [0.5, 0.6) is 11.5 Å². The number of nitrogens with one attached hydrogen (secondary N) is 4. The van der Waals surface area contributed by atoms with Crippen LogP contribution >= 0.6 is 0 Å². The van der Waals surface area contributed by atoms with E-state index in [9.17, 15) is 20.1 Å². The van der Waals surface area contributed by atoms with Crippen LogP contribution in [0.3, 0.4) is 0 Å². The lowest BCUT2D eigenvalue weighted by Gasteiger charge is -2.33. The quantitative estimate of drug-likeness (QED) is 0.0638. The summed E-state index contributed by atoms with van der Waals surface area (Å²) < 4.78 is 5.56. The molecule has 1 aromatic heterocycles. The molecule has 10 heteroatoms. The van der Waals surface area contributed by atoms with Crippen molar-refractivity contribution >= 4 is 28.0 Å². The normalized spacial score (nSPS) is 25.5. The Morgan fingerprint density at radius 2 is 1.62 bits per heavy atom. The van der Waals surface area contributed by atoms with E-state index in [2.05, 4.69) is 132 Å². The van der Waals surface area contributed by atoms with Gasteiger partial charge in [0.05, 0.1) is 31.7 Å². The number of aliphatic hydroxyl groups is 2. The van der Waals surface area contributed by atoms with Gasteiger partial charge in [0.25, 0.3) is 0 Å². The van der Waals surface area contributed by atoms with Gasteiger partial charge in [-0.05, 0) is 167 Å². The standard InChI is InChI=1S/C67H76N4O6/c1-4-11-59-52-28-46(27-49-19-21-58(47-14-9-6-10-15-47)60-38-65(76)66(77-3)35-50(60)18-20-56(72)37-64(75)61(49)33-52)24-45-22-23-69-67(30-45)71-62-34-51-26-44(16-17-48(51)31-53(62)25-43-12-7-5-8-13-43)29-57(73)41-68-39-42(2)54-32-55(70-40-54)36-63(59)74/h5-10,12-17,22,26,30-32,34-35,38,40,42,46,49,52,57-59,61,63,68-71,73-74,76H,4,11,18,20,23-25,27-29,33,36-37,39,41H2,1-3H3/t42-,46-,49+,52+,57-,58-,59-,61-,63+/m1/s1. The number of H-pyrrole nitrogens is 1. The van der Waals surface area contributed by atoms with Gasteiger partial charge in [0, 0.05) is 61.9 Å². The summed E-state index contributed by atoms with van der Waals surface area (Å²) in [6.07, 6.45) is 11.9. The number of phenolic OH excluding ortho intramolecular Hbond substituents is 1. The predicted molar refractivity (Wildman–Crippen MR) is 307 cm³/mol. The number of carbonyl (C=O) groups is 2. The summed E-state index contributed by atoms with van der Waals surface area (Å²) in [4.78, 5) is 32.6. The molecule has 400 valence electrons. The molecule has 0 amide bonds. The smallest absolute Gasteiger partial charge is 0.160 e. The van der Waals surface area contributed by atoms with Crippen molar-refractivity contribution in [3.05, 3.63) is 184 Å². The molecule has 1 fully saturated rings. The van der Waals surface area contributed by atoms with Crippen molar-refractivity contribution in [2.75, 3.05) is 32.1 Å². The number of Topliss-reactive ketones (excluding diaryl/α,β-unsaturated/α-hetero) is 2. The molecule has 77 heavy (non-hydrogen) atoms. The molecule has 5 aromatic carbocycles. The van der Waals surface area contributed by atoms with E-state index >= 15 is 4.79 Å². The lowest BCUT2D eigenvalue weighted by Crippen LogP contribution is -2.33. The van der Waals surface area contributed by atoms with Crippen LogP contribution in [0.15, 0.2) is 139 Å². The number of phenols is 1. The van der Waals surface area contributed by atoms with Crippen LogP contribution in [0.2, 0.25) is 0 Å². The molecule has 2 aliphatic heterocycles. The van der Waals surface area contributed by atoms with Crippen LogP contribution in [0.25, 0.3) is 10.8 Å². The third-order valence-corrected chi connectivity index (χ3v) is 17.0. The zero-order chi connectivity index (χ0) is 53.4. The van der Waals surface area contributed by atoms with Crippen molar-refractivity contribution in [2.45, 2.75) is 115 Å². The second-order valence-electron chi connectivity index (χ2n) is 22.6. The molecule has 9 atom stereocenters. The number of β-amino-alcohol motifs (C(OH)–C–C–N with tert-alkyl or cyclic N) is 1. The molecule has 10 rings (SSSR count). The zero-order valence-corrected chi connectivity index (χ0v) is 45.0. The zero-order valence-electron chi connectivity index (χ0n) is 45.0. The molecule has 0 unspecified atom stereocenters. The maximum Gasteiger partial charge on any atom is 0.160 e. The summed E-state index contributed by atoms with van der Waals surface area (Å²) in [5.74, 6) is 7.44. The Morgan fingerprint density at radius 3 is 2.43 bits per heavy atom. The highest BCUT2D eigenvalue weighted by atomic mass is 16.5. The topological polar surface area (TPSA) is 156 Å². The van der Waals surface area contributed by atoms with Crippen LogP contribution in [-0.4, -0.2) is 70.8 Å². The van der Waals surface area contributed by atoms with Crippen LogP contribution in [-0.2, 0) is 35.3 Å². The molecule has 0 radical (unpaired) electrons. The number of aryl methyl sites for hydroxylation is 1. The first-order valence-electron chi connectivity index (χ1n) is 28.2. The summed E-state index contributed by atoms with van der Waals surface area (Å²) in [6.45, 7) is 6.15. The minimum Gasteiger partial charge on any atom is -0.504 e. The van der Waals surface area contributed by atoms with Crippen LogP contribution in [0.1, 0.15) is 122 Å². The highest BCUT2D eigenvalue weighted by Gasteiger charge is 2.41. The van der Waals surface area contributed by atoms with Crippen LogP contribution < -0.4 is 20.7 Å². The number of aromatic amines is 1. The van der Waals surface area contributed by atoms with Crippen LogP contribution in [0, 0.1) is 41.4 Å². The monoisotopic (exact) mass is 1030 g/mol. The fraction of sp³-hybridized carbons (Fsp3) is 0.403. The summed E-state index contributed by atoms with van der Waals surface area (Å²) in [5, 5.41) is 48.3. The lowest BCUT2D eigenvalue weighted by atomic mass is 9.73. The number of aromatic hydroxyl groups is 1. The number of methoxy groups -OCH3 is 1. The number of aromatic nitrogens is 1. The minimum absolute atomic E-state index is 0.0144. The third-order valence-electron chi connectivity index (χ3n) is 17.0. The molecule has 4 aliphatic rings. The maximum atomic E-state index is 15.0. The SMILES string of the molecule is CCC[C@@H]1[C@H]2C[C@H](CC3=CCNC(=C3)Nc3cc4cc(ccc4cc3Cc3ccccc3)C[C@@H](O)CNC[C@@H](C)c3c[nH]c(c3)C[C@@H]1O)C[C@@H]1C#C[C@H](c3ccccc3)c3cc(O)c(OC)cc3CCC(=O)CC(=O)[C@@H]1C2. The van der Waals surface area contributed by atoms with E-state index in [0.717, 1.165) is 87.9 Å². The number of aliphatic hydroxyl groups excluding tert-OH is 2. The maximum absolute atomic E-state index is 15.0. The fourth-order valence-electron chi connectivity index (χ4n) is 12.9. The number of fused-ring (bicyclic) bond motifs is 9. The van der Waals surface area contributed by atoms with E-state index in [1.807, 2.05) is 36.5 Å². The number of carbonyl (C=O) groups excluding carboxylic acids is 2. The Balaban J connectivity index is 1.06. The van der Waals surface area contributed by atoms with Crippen LogP contribution in [0.4, 0.5) is 5.69 Å². The first kappa shape index (κ1) is 53.5. The number of allylic oxidation sites excluding steroid dienone is 2. The van der Waals surface area contributed by atoms with Gasteiger partial charge >= 0.3 is 0 Å². The summed E-state index contributed by atoms with van der Waals surface area (Å²) in [5.41, 5.74) is 10.5. The molecule has 0 spiro atoms. The Kier molecular flexibility index (Phi) is 17.1. The lowest BCUT2D eigenvalue weighted by molar-refractivity contribution is -0.130. The van der Waals surface area contributed by atoms with Gasteiger partial charge in [0.15, 0.2) is 11.5 Å². The van der Waals surface area contributed by atoms with Gasteiger partial charge < -0.3 is 41.0 Å². The summed E-state index contributed by atoms with van der Waals surface area (Å²) in [7, 11) is 1.52. The number of dihydropyridines is 1. The molecule has 2 aliphatic carbocycles. The number of benzene rings is 5. The second-order valence-corrected chi connectivity index (χ2v) is 22.6. The average molecular weight is 1030 g/mol. The van der Waals surface area contributed by atoms with Crippen molar-refractivity contribution in [1.29, 1.82) is 0 Å². The number of ketones is 2. The Morgan fingerprint density at radius 1 is 0.805 bits per heavy atom. The van der Waals surface area contributed by atoms with Gasteiger partial charge in [0.1, 0.15) is 17.4 Å². The van der Waals surface area contributed by atoms with E-state index in [4.69, 9.17) is 4.74 Å². The van der Waals surface area contributed by atoms with Crippen molar-refractivity contribution < 1.29 is 29.6 Å². The summed E-state index contributed by atoms with van der Waals surface area (Å²) >= 11 is 0. The molecular weight excluding hydrogens is 957 g/mol. The molecule has 6 aromatic rings. The number of hydrogen-bond donors (Lipinski definition) is 7. The molecule has 10 nitrogen and oxygen atoms in total. The average Bonchev–Trinajstić information content (AvgIpc) is 3.83. The van der Waals surface area contributed by atoms with Gasteiger partial charge in [-0.25, -0.2) is 0 Å². The minimum atomic E-state index is -0.673. The molecule has 0 saturated heterocycles.